The molecule has 18 heavy (non-hydrogen) atoms. The summed E-state index contributed by atoms with van der Waals surface area (Å²) < 4.78 is 0. The molecule has 1 heterocycles. The summed E-state index contributed by atoms with van der Waals surface area (Å²) in [7, 11) is 4.26. The Morgan fingerprint density at radius 2 is 2.17 bits per heavy atom. The van der Waals surface area contributed by atoms with Crippen LogP contribution < -0.4 is 5.32 Å². The average Bonchev–Trinajstić information content (AvgIpc) is 2.93. The molecule has 0 unspecified atom stereocenters. The molecule has 1 fully saturated rings. The van der Waals surface area contributed by atoms with Crippen LogP contribution in [0.1, 0.15) is 30.6 Å². The van der Waals surface area contributed by atoms with Gasteiger partial charge >= 0.3 is 0 Å². The number of halogens is 1. The smallest absolute Gasteiger partial charge is 0.185 e. The lowest BCUT2D eigenvalue weighted by Gasteiger charge is -2.36. The third kappa shape index (κ3) is 2.61. The second-order valence-electron chi connectivity index (χ2n) is 4.93. The number of likely N-dealkylation sites (N-methyl/N-ethyl adjacent to an activating group) is 1. The molecule has 98 valence electrons. The molecule has 0 spiro atoms. The van der Waals surface area contributed by atoms with E-state index in [2.05, 4.69) is 29.3 Å². The van der Waals surface area contributed by atoms with Crippen molar-refractivity contribution in [3.05, 3.63) is 10.0 Å². The fourth-order valence-electron chi connectivity index (χ4n) is 2.50. The predicted octanol–water partition coefficient (Wildman–Crippen LogP) is 2.95. The molecule has 2 rings (SSSR count). The van der Waals surface area contributed by atoms with E-state index in [0.717, 1.165) is 11.7 Å². The molecule has 0 atom stereocenters. The zero-order valence-corrected chi connectivity index (χ0v) is 12.2. The lowest BCUT2D eigenvalue weighted by atomic mass is 9.96. The van der Waals surface area contributed by atoms with Crippen LogP contribution in [0.3, 0.4) is 0 Å². The van der Waals surface area contributed by atoms with Gasteiger partial charge in [-0.2, -0.15) is 5.26 Å². The van der Waals surface area contributed by atoms with Gasteiger partial charge in [-0.25, -0.2) is 4.98 Å². The van der Waals surface area contributed by atoms with Crippen molar-refractivity contribution in [2.45, 2.75) is 31.2 Å². The SMILES string of the molecule is CN(C)C1(CNc2nc(Cl)c(C#N)s2)CCCC1. The minimum absolute atomic E-state index is 0.213. The van der Waals surface area contributed by atoms with Gasteiger partial charge < -0.3 is 10.2 Å². The van der Waals surface area contributed by atoms with Crippen LogP contribution in [0.2, 0.25) is 5.15 Å². The van der Waals surface area contributed by atoms with Crippen molar-refractivity contribution in [1.82, 2.24) is 9.88 Å². The maximum absolute atomic E-state index is 8.85. The van der Waals surface area contributed by atoms with E-state index in [1.54, 1.807) is 0 Å². The Morgan fingerprint density at radius 1 is 1.50 bits per heavy atom. The molecule has 1 aliphatic rings. The van der Waals surface area contributed by atoms with Crippen molar-refractivity contribution in [3.8, 4) is 6.07 Å². The van der Waals surface area contributed by atoms with Crippen molar-refractivity contribution in [1.29, 1.82) is 5.26 Å². The van der Waals surface area contributed by atoms with Crippen LogP contribution in [0.5, 0.6) is 0 Å². The molecule has 1 aromatic heterocycles. The molecule has 6 heteroatoms. The summed E-state index contributed by atoms with van der Waals surface area (Å²) in [4.78, 5) is 6.94. The summed E-state index contributed by atoms with van der Waals surface area (Å²) in [5.41, 5.74) is 0.213. The summed E-state index contributed by atoms with van der Waals surface area (Å²) in [6, 6.07) is 2.05. The predicted molar refractivity (Wildman–Crippen MR) is 75.2 cm³/mol. The highest BCUT2D eigenvalue weighted by Crippen LogP contribution is 2.34. The maximum Gasteiger partial charge on any atom is 0.185 e. The highest BCUT2D eigenvalue weighted by atomic mass is 35.5. The van der Waals surface area contributed by atoms with Crippen LogP contribution in [0.15, 0.2) is 0 Å². The Labute approximate surface area is 117 Å². The maximum atomic E-state index is 8.85. The first kappa shape index (κ1) is 13.6. The number of aromatic nitrogens is 1. The lowest BCUT2D eigenvalue weighted by molar-refractivity contribution is 0.172. The number of rotatable bonds is 4. The fourth-order valence-corrected chi connectivity index (χ4v) is 3.44. The van der Waals surface area contributed by atoms with Crippen LogP contribution >= 0.6 is 22.9 Å². The van der Waals surface area contributed by atoms with Crippen LogP contribution in [-0.4, -0.2) is 36.1 Å². The Bertz CT molecular complexity index is 457. The van der Waals surface area contributed by atoms with Crippen molar-refractivity contribution in [2.24, 2.45) is 0 Å². The zero-order chi connectivity index (χ0) is 13.2. The van der Waals surface area contributed by atoms with Gasteiger partial charge in [0, 0.05) is 12.1 Å². The lowest BCUT2D eigenvalue weighted by Crippen LogP contribution is -2.47. The molecule has 0 saturated heterocycles. The molecule has 1 N–H and O–H groups in total. The van der Waals surface area contributed by atoms with E-state index < -0.39 is 0 Å². The first-order valence-electron chi connectivity index (χ1n) is 6.05. The number of nitrogens with one attached hydrogen (secondary N) is 1. The molecule has 0 aliphatic heterocycles. The molecule has 0 bridgehead atoms. The number of nitriles is 1. The third-order valence-corrected chi connectivity index (χ3v) is 5.04. The Hall–Kier alpha value is -0.830. The van der Waals surface area contributed by atoms with E-state index in [4.69, 9.17) is 16.9 Å². The third-order valence-electron chi connectivity index (χ3n) is 3.74. The van der Waals surface area contributed by atoms with Crippen molar-refractivity contribution in [3.63, 3.8) is 0 Å². The number of hydrogen-bond donors (Lipinski definition) is 1. The number of anilines is 1. The second kappa shape index (κ2) is 5.43. The van der Waals surface area contributed by atoms with E-state index in [1.807, 2.05) is 6.07 Å². The summed E-state index contributed by atoms with van der Waals surface area (Å²) >= 11 is 7.18. The minimum Gasteiger partial charge on any atom is -0.360 e. The molecule has 1 aliphatic carbocycles. The Kier molecular flexibility index (Phi) is 4.10. The van der Waals surface area contributed by atoms with E-state index in [1.165, 1.54) is 37.0 Å². The van der Waals surface area contributed by atoms with Gasteiger partial charge in [-0.1, -0.05) is 35.8 Å². The van der Waals surface area contributed by atoms with Gasteiger partial charge in [-0.3, -0.25) is 0 Å². The normalized spacial score (nSPS) is 17.9. The van der Waals surface area contributed by atoms with Crippen LogP contribution in [0, 0.1) is 11.3 Å². The van der Waals surface area contributed by atoms with Gasteiger partial charge in [-0.15, -0.1) is 0 Å². The topological polar surface area (TPSA) is 52.0 Å². The highest BCUT2D eigenvalue weighted by molar-refractivity contribution is 7.16. The summed E-state index contributed by atoms with van der Waals surface area (Å²) in [6.45, 7) is 0.856. The van der Waals surface area contributed by atoms with Gasteiger partial charge in [0.15, 0.2) is 10.3 Å². The fraction of sp³-hybridized carbons (Fsp3) is 0.667. The van der Waals surface area contributed by atoms with Gasteiger partial charge in [-0.05, 0) is 26.9 Å². The molecule has 0 radical (unpaired) electrons. The molecule has 1 saturated carbocycles. The van der Waals surface area contributed by atoms with Crippen molar-refractivity contribution < 1.29 is 0 Å². The summed E-state index contributed by atoms with van der Waals surface area (Å²) in [6.07, 6.45) is 4.97. The summed E-state index contributed by atoms with van der Waals surface area (Å²) in [5.74, 6) is 0. The number of hydrogen-bond acceptors (Lipinski definition) is 5. The highest BCUT2D eigenvalue weighted by Gasteiger charge is 2.35. The number of nitrogens with zero attached hydrogens (tertiary/aromatic N) is 3. The number of thiazole rings is 1. The monoisotopic (exact) mass is 284 g/mol. The second-order valence-corrected chi connectivity index (χ2v) is 6.29. The van der Waals surface area contributed by atoms with E-state index in [-0.39, 0.29) is 5.54 Å². The molecule has 0 amide bonds. The van der Waals surface area contributed by atoms with Crippen molar-refractivity contribution in [2.75, 3.05) is 26.0 Å². The summed E-state index contributed by atoms with van der Waals surface area (Å²) in [5, 5.41) is 13.2. The van der Waals surface area contributed by atoms with E-state index in [0.29, 0.717) is 10.0 Å². The van der Waals surface area contributed by atoms with E-state index >= 15 is 0 Å². The largest absolute Gasteiger partial charge is 0.360 e. The first-order chi connectivity index (χ1) is 8.57. The Morgan fingerprint density at radius 3 is 2.67 bits per heavy atom. The van der Waals surface area contributed by atoms with Gasteiger partial charge in [0.05, 0.1) is 0 Å². The Balaban J connectivity index is 2.04. The molecule has 1 aromatic rings. The van der Waals surface area contributed by atoms with Crippen LogP contribution in [0.4, 0.5) is 5.13 Å². The quantitative estimate of drug-likeness (QED) is 0.924. The zero-order valence-electron chi connectivity index (χ0n) is 10.7. The minimum atomic E-state index is 0.213. The van der Waals surface area contributed by atoms with Gasteiger partial charge in [0.1, 0.15) is 10.9 Å². The first-order valence-corrected chi connectivity index (χ1v) is 7.24. The van der Waals surface area contributed by atoms with Crippen LogP contribution in [0.25, 0.3) is 0 Å². The molecule has 4 nitrogen and oxygen atoms in total. The van der Waals surface area contributed by atoms with Gasteiger partial charge in [0.2, 0.25) is 0 Å². The standard InChI is InChI=1S/C12H17ClN4S/c1-17(2)12(5-3-4-6-12)8-15-11-16-10(13)9(7-14)18-11/h3-6,8H2,1-2H3,(H,15,16). The van der Waals surface area contributed by atoms with Crippen molar-refractivity contribution >= 4 is 28.1 Å². The molecular weight excluding hydrogens is 268 g/mol. The molecule has 0 aromatic carbocycles. The van der Waals surface area contributed by atoms with Crippen LogP contribution in [-0.2, 0) is 0 Å². The van der Waals surface area contributed by atoms with E-state index in [9.17, 15) is 0 Å². The van der Waals surface area contributed by atoms with Gasteiger partial charge in [0.25, 0.3) is 0 Å². The molecular formula is C12H17ClN4S. The average molecular weight is 285 g/mol.